The maximum atomic E-state index is 13.8. The van der Waals surface area contributed by atoms with Gasteiger partial charge in [-0.25, -0.2) is 4.39 Å². The first-order valence-corrected chi connectivity index (χ1v) is 11.9. The van der Waals surface area contributed by atoms with Crippen LogP contribution >= 0.6 is 12.2 Å². The smallest absolute Gasteiger partial charge is 0.258 e. The normalized spacial score (nSPS) is 15.9. The maximum absolute atomic E-state index is 13.8. The minimum Gasteiger partial charge on any atom is -0.351 e. The molecule has 0 amide bonds. The zero-order chi connectivity index (χ0) is 24.4. The van der Waals surface area contributed by atoms with Gasteiger partial charge in [0, 0.05) is 17.8 Å². The van der Waals surface area contributed by atoms with Crippen LogP contribution in [0.1, 0.15) is 35.5 Å². The number of rotatable bonds is 6. The second kappa shape index (κ2) is 9.80. The van der Waals surface area contributed by atoms with Gasteiger partial charge in [-0.2, -0.15) is 4.98 Å². The van der Waals surface area contributed by atoms with E-state index in [2.05, 4.69) is 63.7 Å². The van der Waals surface area contributed by atoms with Gasteiger partial charge in [0.25, 0.3) is 5.89 Å². The molecule has 0 fully saturated rings. The summed E-state index contributed by atoms with van der Waals surface area (Å²) in [5.74, 6) is 0.372. The molecule has 0 bridgehead atoms. The van der Waals surface area contributed by atoms with E-state index in [1.54, 1.807) is 12.1 Å². The number of aryl methyl sites for hydroxylation is 1. The summed E-state index contributed by atoms with van der Waals surface area (Å²) in [6, 6.07) is 24.5. The first-order valence-electron chi connectivity index (χ1n) is 11.5. The number of thiocarbonyl (C=S) groups is 1. The van der Waals surface area contributed by atoms with Gasteiger partial charge in [0.15, 0.2) is 5.11 Å². The molecule has 5 nitrogen and oxygen atoms in total. The summed E-state index contributed by atoms with van der Waals surface area (Å²) in [7, 11) is 0. The lowest BCUT2D eigenvalue weighted by Gasteiger charge is -2.37. The van der Waals surface area contributed by atoms with Crippen LogP contribution in [0.15, 0.2) is 89.1 Å². The Balaban J connectivity index is 1.55. The van der Waals surface area contributed by atoms with Crippen LogP contribution < -0.4 is 5.32 Å². The molecule has 35 heavy (non-hydrogen) atoms. The summed E-state index contributed by atoms with van der Waals surface area (Å²) in [5.41, 5.74) is 5.81. The molecule has 0 saturated carbocycles. The van der Waals surface area contributed by atoms with Crippen LogP contribution in [-0.4, -0.2) is 26.7 Å². The summed E-state index contributed by atoms with van der Waals surface area (Å²) in [6.45, 7) is 4.79. The number of aromatic nitrogens is 2. The molecule has 1 atom stereocenters. The quantitative estimate of drug-likeness (QED) is 0.334. The third-order valence-corrected chi connectivity index (χ3v) is 6.55. The summed E-state index contributed by atoms with van der Waals surface area (Å²) in [4.78, 5) is 6.73. The van der Waals surface area contributed by atoms with Gasteiger partial charge >= 0.3 is 0 Å². The van der Waals surface area contributed by atoms with Gasteiger partial charge in [0.1, 0.15) is 5.82 Å². The number of nitrogens with one attached hydrogen (secondary N) is 1. The van der Waals surface area contributed by atoms with E-state index in [0.29, 0.717) is 28.9 Å². The van der Waals surface area contributed by atoms with Gasteiger partial charge in [-0.05, 0) is 55.7 Å². The molecule has 2 heterocycles. The molecule has 5 rings (SSSR count). The molecule has 0 aliphatic carbocycles. The average molecular weight is 485 g/mol. The topological polar surface area (TPSA) is 54.2 Å². The molecule has 1 N–H and O–H groups in total. The second-order valence-corrected chi connectivity index (χ2v) is 9.00. The molecule has 1 aromatic heterocycles. The Bertz CT molecular complexity index is 1380. The van der Waals surface area contributed by atoms with Gasteiger partial charge < -0.3 is 14.7 Å². The van der Waals surface area contributed by atoms with Crippen molar-refractivity contribution in [2.75, 3.05) is 6.54 Å². The van der Waals surface area contributed by atoms with Crippen LogP contribution in [0.25, 0.3) is 17.0 Å². The van der Waals surface area contributed by atoms with Crippen LogP contribution in [0.4, 0.5) is 4.39 Å². The molecular formula is C28H25FN4OS. The number of halogens is 1. The highest BCUT2D eigenvalue weighted by Gasteiger charge is 2.34. The first kappa shape index (κ1) is 22.9. The minimum absolute atomic E-state index is 0.253. The van der Waals surface area contributed by atoms with Crippen molar-refractivity contribution in [2.24, 2.45) is 0 Å². The van der Waals surface area contributed by atoms with Crippen molar-refractivity contribution in [3.8, 4) is 11.4 Å². The van der Waals surface area contributed by atoms with Gasteiger partial charge in [0.2, 0.25) is 5.82 Å². The van der Waals surface area contributed by atoms with Crippen molar-refractivity contribution in [2.45, 2.75) is 26.3 Å². The van der Waals surface area contributed by atoms with Crippen molar-refractivity contribution < 1.29 is 8.91 Å². The van der Waals surface area contributed by atoms with Crippen molar-refractivity contribution in [1.82, 2.24) is 20.4 Å². The maximum Gasteiger partial charge on any atom is 0.258 e. The van der Waals surface area contributed by atoms with E-state index in [1.165, 1.54) is 23.3 Å². The predicted molar refractivity (Wildman–Crippen MR) is 139 cm³/mol. The Morgan fingerprint density at radius 3 is 2.51 bits per heavy atom. The average Bonchev–Trinajstić information content (AvgIpc) is 3.34. The fraction of sp³-hybridized carbons (Fsp3) is 0.179. The Morgan fingerprint density at radius 2 is 1.77 bits per heavy atom. The summed E-state index contributed by atoms with van der Waals surface area (Å²) < 4.78 is 19.5. The number of hydrogen-bond donors (Lipinski definition) is 1. The Kier molecular flexibility index (Phi) is 6.42. The van der Waals surface area contributed by atoms with Crippen LogP contribution in [-0.2, 0) is 6.42 Å². The molecular weight excluding hydrogens is 459 g/mol. The number of nitrogens with zero attached hydrogens (tertiary/aromatic N) is 3. The highest BCUT2D eigenvalue weighted by Crippen LogP contribution is 2.37. The van der Waals surface area contributed by atoms with E-state index in [4.69, 9.17) is 16.7 Å². The van der Waals surface area contributed by atoms with Gasteiger partial charge in [-0.3, -0.25) is 0 Å². The third-order valence-electron chi connectivity index (χ3n) is 6.21. The van der Waals surface area contributed by atoms with Crippen LogP contribution in [0, 0.1) is 12.7 Å². The first-order chi connectivity index (χ1) is 17.0. The van der Waals surface area contributed by atoms with E-state index < -0.39 is 0 Å². The van der Waals surface area contributed by atoms with Crippen molar-refractivity contribution >= 4 is 22.9 Å². The standard InChI is InChI=1S/C28H25FN4OS/c1-18-11-13-21(14-12-18)25-24(27-31-26(32-34-27)22-9-6-10-23(29)17-22)19(2)33(28(35)30-25)16-15-20-7-4-3-5-8-20/h3-14,17,25H,15-16H2,1-2H3,(H,30,35). The zero-order valence-corrected chi connectivity index (χ0v) is 20.3. The number of allylic oxidation sites excluding steroid dienone is 1. The van der Waals surface area contributed by atoms with E-state index in [1.807, 2.05) is 25.1 Å². The zero-order valence-electron chi connectivity index (χ0n) is 19.5. The lowest BCUT2D eigenvalue weighted by molar-refractivity contribution is 0.397. The number of hydrogen-bond acceptors (Lipinski definition) is 4. The molecule has 7 heteroatoms. The Morgan fingerprint density at radius 1 is 1.00 bits per heavy atom. The summed E-state index contributed by atoms with van der Waals surface area (Å²) in [5, 5.41) is 8.29. The molecule has 1 aliphatic rings. The Labute approximate surface area is 209 Å². The highest BCUT2D eigenvalue weighted by molar-refractivity contribution is 7.80. The molecule has 176 valence electrons. The highest BCUT2D eigenvalue weighted by atomic mass is 32.1. The van der Waals surface area contributed by atoms with Gasteiger partial charge in [0.05, 0.1) is 11.6 Å². The van der Waals surface area contributed by atoms with Gasteiger partial charge in [-0.1, -0.05) is 77.5 Å². The monoisotopic (exact) mass is 484 g/mol. The molecule has 0 spiro atoms. The molecule has 3 aromatic carbocycles. The largest absolute Gasteiger partial charge is 0.351 e. The Hall–Kier alpha value is -3.84. The molecule has 1 aliphatic heterocycles. The van der Waals surface area contributed by atoms with E-state index in [0.717, 1.165) is 23.3 Å². The van der Waals surface area contributed by atoms with E-state index >= 15 is 0 Å². The fourth-order valence-corrected chi connectivity index (χ4v) is 4.65. The lowest BCUT2D eigenvalue weighted by atomic mass is 9.94. The summed E-state index contributed by atoms with van der Waals surface area (Å²) in [6.07, 6.45) is 0.834. The summed E-state index contributed by atoms with van der Waals surface area (Å²) >= 11 is 5.79. The predicted octanol–water partition coefficient (Wildman–Crippen LogP) is 6.09. The third kappa shape index (κ3) is 4.86. The minimum atomic E-state index is -0.349. The van der Waals surface area contributed by atoms with E-state index in [-0.39, 0.29) is 11.9 Å². The van der Waals surface area contributed by atoms with Crippen molar-refractivity contribution in [3.63, 3.8) is 0 Å². The fourth-order valence-electron chi connectivity index (χ4n) is 4.30. The SMILES string of the molecule is CC1=C(c2nc(-c3cccc(F)c3)no2)C(c2ccc(C)cc2)NC(=S)N1CCc1ccccc1. The van der Waals surface area contributed by atoms with Crippen molar-refractivity contribution in [3.05, 3.63) is 113 Å². The van der Waals surface area contributed by atoms with Crippen molar-refractivity contribution in [1.29, 1.82) is 0 Å². The molecule has 0 radical (unpaired) electrons. The molecule has 0 saturated heterocycles. The van der Waals surface area contributed by atoms with Crippen LogP contribution in [0.3, 0.4) is 0 Å². The van der Waals surface area contributed by atoms with Gasteiger partial charge in [-0.15, -0.1) is 0 Å². The molecule has 4 aromatic rings. The lowest BCUT2D eigenvalue weighted by Crippen LogP contribution is -2.46. The van der Waals surface area contributed by atoms with Crippen LogP contribution in [0.2, 0.25) is 0 Å². The van der Waals surface area contributed by atoms with E-state index in [9.17, 15) is 4.39 Å². The molecule has 1 unspecified atom stereocenters. The second-order valence-electron chi connectivity index (χ2n) is 8.61. The van der Waals surface area contributed by atoms with Crippen LogP contribution in [0.5, 0.6) is 0 Å². The number of benzene rings is 3.